The number of nitrogens with zero attached hydrogens (tertiary/aromatic N) is 4. The summed E-state index contributed by atoms with van der Waals surface area (Å²) in [6.45, 7) is 8.38. The topological polar surface area (TPSA) is 78.4 Å². The highest BCUT2D eigenvalue weighted by molar-refractivity contribution is 7.19. The Bertz CT molecular complexity index is 819. The molecule has 0 aromatic carbocycles. The number of thiazole rings is 1. The van der Waals surface area contributed by atoms with Gasteiger partial charge in [0.15, 0.2) is 5.13 Å². The van der Waals surface area contributed by atoms with Gasteiger partial charge in [0.1, 0.15) is 0 Å². The Morgan fingerprint density at radius 2 is 2.11 bits per heavy atom. The molecule has 1 N–H and O–H groups in total. The van der Waals surface area contributed by atoms with Crippen LogP contribution < -0.4 is 5.32 Å². The highest BCUT2D eigenvalue weighted by Gasteiger charge is 2.30. The number of rotatable bonds is 5. The van der Waals surface area contributed by atoms with Crippen LogP contribution in [-0.2, 0) is 4.79 Å². The first-order valence-electron chi connectivity index (χ1n) is 9.77. The number of hydrogen-bond acceptors (Lipinski definition) is 5. The van der Waals surface area contributed by atoms with Crippen molar-refractivity contribution in [2.75, 3.05) is 31.5 Å². The van der Waals surface area contributed by atoms with Crippen molar-refractivity contribution in [1.82, 2.24) is 19.8 Å². The van der Waals surface area contributed by atoms with Gasteiger partial charge in [-0.25, -0.2) is 9.78 Å². The number of amides is 3. The van der Waals surface area contributed by atoms with Crippen molar-refractivity contribution in [2.45, 2.75) is 33.6 Å². The van der Waals surface area contributed by atoms with E-state index in [0.717, 1.165) is 29.1 Å². The first-order valence-corrected chi connectivity index (χ1v) is 10.6. The number of urea groups is 1. The lowest BCUT2D eigenvalue weighted by molar-refractivity contribution is -0.121. The average molecular weight is 402 g/mol. The van der Waals surface area contributed by atoms with Crippen molar-refractivity contribution in [2.24, 2.45) is 5.92 Å². The van der Waals surface area contributed by atoms with Crippen LogP contribution in [-0.4, -0.2) is 57.9 Å². The van der Waals surface area contributed by atoms with E-state index < -0.39 is 0 Å². The van der Waals surface area contributed by atoms with Crippen molar-refractivity contribution in [3.63, 3.8) is 0 Å². The van der Waals surface area contributed by atoms with Gasteiger partial charge >= 0.3 is 6.03 Å². The number of aromatic nitrogens is 2. The second-order valence-electron chi connectivity index (χ2n) is 6.88. The zero-order valence-electron chi connectivity index (χ0n) is 16.6. The summed E-state index contributed by atoms with van der Waals surface area (Å²) in [5.41, 5.74) is 1.70. The lowest BCUT2D eigenvalue weighted by Crippen LogP contribution is -2.49. The molecule has 7 nitrogen and oxygen atoms in total. The van der Waals surface area contributed by atoms with Gasteiger partial charge in [-0.3, -0.25) is 9.78 Å². The minimum atomic E-state index is -0.212. The predicted molar refractivity (Wildman–Crippen MR) is 111 cm³/mol. The molecule has 0 radical (unpaired) electrons. The molecule has 28 heavy (non-hydrogen) atoms. The lowest BCUT2D eigenvalue weighted by Gasteiger charge is -2.35. The average Bonchev–Trinajstić information content (AvgIpc) is 3.09. The first kappa shape index (κ1) is 20.3. The molecule has 1 atom stereocenters. The van der Waals surface area contributed by atoms with Gasteiger partial charge in [-0.1, -0.05) is 17.4 Å². The number of likely N-dealkylation sites (tertiary alicyclic amines) is 1. The van der Waals surface area contributed by atoms with Gasteiger partial charge in [-0.05, 0) is 45.7 Å². The van der Waals surface area contributed by atoms with E-state index in [1.165, 1.54) is 11.3 Å². The number of nitrogens with one attached hydrogen (secondary N) is 1. The molecule has 0 bridgehead atoms. The summed E-state index contributed by atoms with van der Waals surface area (Å²) in [5.74, 6) is -0.283. The normalized spacial score (nSPS) is 16.7. The molecule has 3 rings (SSSR count). The smallest absolute Gasteiger partial charge is 0.320 e. The molecule has 1 aliphatic rings. The molecule has 2 aromatic rings. The SMILES string of the molecule is CCN(CC)C(=O)N1CCCC(C(=O)Nc2nc(C)c(-c3ccccn3)s2)C1. The minimum absolute atomic E-state index is 0.0185. The molecule has 150 valence electrons. The fourth-order valence-corrected chi connectivity index (χ4v) is 4.40. The van der Waals surface area contributed by atoms with Crippen LogP contribution in [0.4, 0.5) is 9.93 Å². The zero-order chi connectivity index (χ0) is 20.1. The van der Waals surface area contributed by atoms with E-state index in [1.807, 2.05) is 39.0 Å². The number of aryl methyl sites for hydroxylation is 1. The number of carbonyl (C=O) groups is 2. The van der Waals surface area contributed by atoms with Crippen LogP contribution in [0, 0.1) is 12.8 Å². The molecular weight excluding hydrogens is 374 g/mol. The van der Waals surface area contributed by atoms with Crippen LogP contribution >= 0.6 is 11.3 Å². The number of carbonyl (C=O) groups excluding carboxylic acids is 2. The third-order valence-corrected chi connectivity index (χ3v) is 6.12. The maximum atomic E-state index is 12.8. The maximum absolute atomic E-state index is 12.8. The van der Waals surface area contributed by atoms with E-state index >= 15 is 0 Å². The number of anilines is 1. The van der Waals surface area contributed by atoms with Crippen LogP contribution in [0.1, 0.15) is 32.4 Å². The summed E-state index contributed by atoms with van der Waals surface area (Å²) in [6.07, 6.45) is 3.36. The van der Waals surface area contributed by atoms with Gasteiger partial charge in [0.2, 0.25) is 5.91 Å². The Balaban J connectivity index is 1.65. The molecule has 1 fully saturated rings. The van der Waals surface area contributed by atoms with E-state index in [9.17, 15) is 9.59 Å². The minimum Gasteiger partial charge on any atom is -0.325 e. The van der Waals surface area contributed by atoms with Gasteiger partial charge in [0.25, 0.3) is 0 Å². The quantitative estimate of drug-likeness (QED) is 0.830. The summed E-state index contributed by atoms with van der Waals surface area (Å²) in [5, 5.41) is 3.53. The van der Waals surface area contributed by atoms with Crippen molar-refractivity contribution >= 4 is 28.4 Å². The molecule has 1 saturated heterocycles. The van der Waals surface area contributed by atoms with Gasteiger partial charge in [0.05, 0.1) is 22.2 Å². The predicted octanol–water partition coefficient (Wildman–Crippen LogP) is 3.63. The van der Waals surface area contributed by atoms with Crippen molar-refractivity contribution in [3.05, 3.63) is 30.1 Å². The van der Waals surface area contributed by atoms with Crippen LogP contribution in [0.3, 0.4) is 0 Å². The third-order valence-electron chi connectivity index (χ3n) is 5.02. The van der Waals surface area contributed by atoms with Gasteiger partial charge < -0.3 is 15.1 Å². The van der Waals surface area contributed by atoms with Gasteiger partial charge in [0, 0.05) is 32.4 Å². The van der Waals surface area contributed by atoms with E-state index in [1.54, 1.807) is 16.0 Å². The Hall–Kier alpha value is -2.48. The molecule has 3 amide bonds. The van der Waals surface area contributed by atoms with E-state index in [4.69, 9.17) is 0 Å². The van der Waals surface area contributed by atoms with Gasteiger partial charge in [-0.2, -0.15) is 0 Å². The summed E-state index contributed by atoms with van der Waals surface area (Å²) in [6, 6.07) is 5.76. The van der Waals surface area contributed by atoms with Crippen LogP contribution in [0.25, 0.3) is 10.6 Å². The molecule has 0 saturated carbocycles. The van der Waals surface area contributed by atoms with Crippen LogP contribution in [0.15, 0.2) is 24.4 Å². The van der Waals surface area contributed by atoms with Crippen molar-refractivity contribution < 1.29 is 9.59 Å². The standard InChI is InChI=1S/C20H27N5O2S/c1-4-24(5-2)20(27)25-12-8-9-15(13-25)18(26)23-19-22-14(3)17(28-19)16-10-6-7-11-21-16/h6-7,10-11,15H,4-5,8-9,12-13H2,1-3H3,(H,22,23,26). The van der Waals surface area contributed by atoms with E-state index in [2.05, 4.69) is 15.3 Å². The number of hydrogen-bond donors (Lipinski definition) is 1. The molecule has 1 aliphatic heterocycles. The van der Waals surface area contributed by atoms with Gasteiger partial charge in [-0.15, -0.1) is 0 Å². The summed E-state index contributed by atoms with van der Waals surface area (Å²) >= 11 is 1.43. The Morgan fingerprint density at radius 3 is 2.79 bits per heavy atom. The molecule has 0 spiro atoms. The maximum Gasteiger partial charge on any atom is 0.320 e. The van der Waals surface area contributed by atoms with Crippen molar-refractivity contribution in [3.8, 4) is 10.6 Å². The fourth-order valence-electron chi connectivity index (χ4n) is 3.45. The van der Waals surface area contributed by atoms with Crippen LogP contribution in [0.5, 0.6) is 0 Å². The van der Waals surface area contributed by atoms with E-state index in [-0.39, 0.29) is 17.9 Å². The Morgan fingerprint density at radius 1 is 1.32 bits per heavy atom. The lowest BCUT2D eigenvalue weighted by atomic mass is 9.97. The molecular formula is C20H27N5O2S. The fraction of sp³-hybridized carbons (Fsp3) is 0.500. The second kappa shape index (κ2) is 9.14. The number of pyridine rings is 1. The monoisotopic (exact) mass is 401 g/mol. The Kier molecular flexibility index (Phi) is 6.61. The molecule has 1 unspecified atom stereocenters. The zero-order valence-corrected chi connectivity index (χ0v) is 17.5. The van der Waals surface area contributed by atoms with Crippen LogP contribution in [0.2, 0.25) is 0 Å². The van der Waals surface area contributed by atoms with E-state index in [0.29, 0.717) is 31.3 Å². The molecule has 0 aliphatic carbocycles. The summed E-state index contributed by atoms with van der Waals surface area (Å²) < 4.78 is 0. The van der Waals surface area contributed by atoms with Crippen molar-refractivity contribution in [1.29, 1.82) is 0 Å². The molecule has 3 heterocycles. The first-order chi connectivity index (χ1) is 13.5. The third kappa shape index (κ3) is 4.49. The number of piperidine rings is 1. The molecule has 2 aromatic heterocycles. The molecule has 8 heteroatoms. The largest absolute Gasteiger partial charge is 0.325 e. The highest BCUT2D eigenvalue weighted by Crippen LogP contribution is 2.31. The second-order valence-corrected chi connectivity index (χ2v) is 7.88. The Labute approximate surface area is 169 Å². The highest BCUT2D eigenvalue weighted by atomic mass is 32.1. The summed E-state index contributed by atoms with van der Waals surface area (Å²) in [7, 11) is 0. The summed E-state index contributed by atoms with van der Waals surface area (Å²) in [4.78, 5) is 38.8.